The molecule has 0 saturated carbocycles. The molecule has 74 valence electrons. The molecule has 0 unspecified atom stereocenters. The topological polar surface area (TPSA) is 71.2 Å². The lowest BCUT2D eigenvalue weighted by atomic mass is 9.95. The lowest BCUT2D eigenvalue weighted by Crippen LogP contribution is -2.26. The Morgan fingerprint density at radius 3 is 2.85 bits per heavy atom. The smallest absolute Gasteiger partial charge is 0.184 e. The minimum atomic E-state index is -0.125. The van der Waals surface area contributed by atoms with Crippen molar-refractivity contribution >= 4 is 21.5 Å². The number of aliphatic hydroxyl groups excluding tert-OH is 1. The highest BCUT2D eigenvalue weighted by Crippen LogP contribution is 2.21. The van der Waals surface area contributed by atoms with Gasteiger partial charge in [0.15, 0.2) is 5.13 Å². The zero-order valence-electron chi connectivity index (χ0n) is 7.87. The number of nitrogen functional groups attached to an aromatic ring is 1. The first-order valence-corrected chi connectivity index (χ1v) is 4.91. The van der Waals surface area contributed by atoms with Crippen molar-refractivity contribution in [3.63, 3.8) is 0 Å². The van der Waals surface area contributed by atoms with Crippen LogP contribution in [0, 0.1) is 5.41 Å². The third-order valence-corrected chi connectivity index (χ3v) is 2.45. The first-order valence-electron chi connectivity index (χ1n) is 4.09. The van der Waals surface area contributed by atoms with Crippen molar-refractivity contribution in [3.8, 4) is 0 Å². The number of nitrogens with one attached hydrogen (secondary N) is 1. The van der Waals surface area contributed by atoms with E-state index >= 15 is 0 Å². The third-order valence-electron chi connectivity index (χ3n) is 1.67. The van der Waals surface area contributed by atoms with Gasteiger partial charge in [0.1, 0.15) is 5.00 Å². The summed E-state index contributed by atoms with van der Waals surface area (Å²) in [6, 6.07) is 0. The number of nitrogens with zero attached hydrogens (tertiary/aromatic N) is 1. The van der Waals surface area contributed by atoms with Gasteiger partial charge in [0.25, 0.3) is 0 Å². The van der Waals surface area contributed by atoms with E-state index < -0.39 is 0 Å². The molecule has 0 spiro atoms. The molecule has 4 N–H and O–H groups in total. The van der Waals surface area contributed by atoms with Gasteiger partial charge in [-0.1, -0.05) is 25.2 Å². The van der Waals surface area contributed by atoms with Gasteiger partial charge in [-0.3, -0.25) is 0 Å². The van der Waals surface area contributed by atoms with Gasteiger partial charge in [0, 0.05) is 18.6 Å². The average Bonchev–Trinajstić information content (AvgIpc) is 2.48. The highest BCUT2D eigenvalue weighted by atomic mass is 32.1. The van der Waals surface area contributed by atoms with Crippen LogP contribution in [0.15, 0.2) is 6.20 Å². The summed E-state index contributed by atoms with van der Waals surface area (Å²) in [6.45, 7) is 4.81. The molecular formula is C8H15N3OS. The van der Waals surface area contributed by atoms with E-state index in [1.165, 1.54) is 11.3 Å². The first-order chi connectivity index (χ1) is 6.03. The zero-order valence-corrected chi connectivity index (χ0v) is 8.69. The van der Waals surface area contributed by atoms with Crippen LogP contribution in [0.1, 0.15) is 13.8 Å². The number of thiazole rings is 1. The molecule has 4 nitrogen and oxygen atoms in total. The van der Waals surface area contributed by atoms with E-state index in [1.54, 1.807) is 6.20 Å². The van der Waals surface area contributed by atoms with Crippen LogP contribution in [-0.4, -0.2) is 23.2 Å². The number of hydrogen-bond donors (Lipinski definition) is 3. The van der Waals surface area contributed by atoms with Crippen molar-refractivity contribution in [1.29, 1.82) is 0 Å². The molecule has 0 saturated heterocycles. The first kappa shape index (κ1) is 10.3. The van der Waals surface area contributed by atoms with E-state index in [-0.39, 0.29) is 12.0 Å². The van der Waals surface area contributed by atoms with Gasteiger partial charge in [-0.2, -0.15) is 0 Å². The summed E-state index contributed by atoms with van der Waals surface area (Å²) in [4.78, 5) is 4.05. The standard InChI is InChI=1S/C8H15N3OS/c1-8(2,5-12)4-11-7-10-3-6(9)13-7/h3,12H,4-5,9H2,1-2H3,(H,10,11). The summed E-state index contributed by atoms with van der Waals surface area (Å²) < 4.78 is 0. The Morgan fingerprint density at radius 1 is 1.69 bits per heavy atom. The van der Waals surface area contributed by atoms with Crippen molar-refractivity contribution < 1.29 is 5.11 Å². The Balaban J connectivity index is 2.43. The predicted octanol–water partition coefficient (Wildman–Crippen LogP) is 1.16. The van der Waals surface area contributed by atoms with Crippen LogP contribution >= 0.6 is 11.3 Å². The lowest BCUT2D eigenvalue weighted by Gasteiger charge is -2.21. The summed E-state index contributed by atoms with van der Waals surface area (Å²) in [6.07, 6.45) is 1.62. The maximum atomic E-state index is 9.00. The molecule has 13 heavy (non-hydrogen) atoms. The number of aromatic nitrogens is 1. The normalized spacial score (nSPS) is 11.6. The molecule has 0 aromatic carbocycles. The number of hydrogen-bond acceptors (Lipinski definition) is 5. The van der Waals surface area contributed by atoms with E-state index in [4.69, 9.17) is 10.8 Å². The summed E-state index contributed by atoms with van der Waals surface area (Å²) in [7, 11) is 0. The molecule has 5 heteroatoms. The van der Waals surface area contributed by atoms with E-state index in [9.17, 15) is 0 Å². The van der Waals surface area contributed by atoms with Gasteiger partial charge in [0.05, 0.1) is 6.20 Å². The number of rotatable bonds is 4. The maximum absolute atomic E-state index is 9.00. The highest BCUT2D eigenvalue weighted by Gasteiger charge is 2.16. The second-order valence-electron chi connectivity index (χ2n) is 3.74. The van der Waals surface area contributed by atoms with Gasteiger partial charge in [0.2, 0.25) is 0 Å². The van der Waals surface area contributed by atoms with Gasteiger partial charge < -0.3 is 16.2 Å². The maximum Gasteiger partial charge on any atom is 0.184 e. The van der Waals surface area contributed by atoms with E-state index in [0.29, 0.717) is 11.5 Å². The molecule has 0 bridgehead atoms. The van der Waals surface area contributed by atoms with Gasteiger partial charge >= 0.3 is 0 Å². The number of nitrogens with two attached hydrogens (primary N) is 1. The zero-order chi connectivity index (χ0) is 9.90. The molecule has 0 atom stereocenters. The highest BCUT2D eigenvalue weighted by molar-refractivity contribution is 7.19. The minimum Gasteiger partial charge on any atom is -0.396 e. The van der Waals surface area contributed by atoms with Gasteiger partial charge in [-0.15, -0.1) is 0 Å². The molecule has 0 amide bonds. The molecule has 1 aromatic rings. The van der Waals surface area contributed by atoms with Crippen LogP contribution in [0.25, 0.3) is 0 Å². The van der Waals surface area contributed by atoms with Crippen LogP contribution in [0.5, 0.6) is 0 Å². The molecular weight excluding hydrogens is 186 g/mol. The molecule has 0 aliphatic rings. The van der Waals surface area contributed by atoms with Gasteiger partial charge in [-0.25, -0.2) is 4.98 Å². The molecule has 1 rings (SSSR count). The monoisotopic (exact) mass is 201 g/mol. The largest absolute Gasteiger partial charge is 0.396 e. The Bertz CT molecular complexity index is 272. The number of anilines is 2. The second kappa shape index (κ2) is 3.93. The molecule has 1 heterocycles. The van der Waals surface area contributed by atoms with Crippen molar-refractivity contribution in [3.05, 3.63) is 6.20 Å². The van der Waals surface area contributed by atoms with Crippen LogP contribution in [0.3, 0.4) is 0 Å². The summed E-state index contributed by atoms with van der Waals surface area (Å²) >= 11 is 1.41. The predicted molar refractivity (Wildman–Crippen MR) is 55.9 cm³/mol. The summed E-state index contributed by atoms with van der Waals surface area (Å²) in [5, 5.41) is 13.6. The molecule has 0 aliphatic heterocycles. The Kier molecular flexibility index (Phi) is 3.11. The van der Waals surface area contributed by atoms with Crippen LogP contribution in [-0.2, 0) is 0 Å². The lowest BCUT2D eigenvalue weighted by molar-refractivity contribution is 0.171. The van der Waals surface area contributed by atoms with Crippen molar-refractivity contribution in [2.24, 2.45) is 5.41 Å². The summed E-state index contributed by atoms with van der Waals surface area (Å²) in [5.74, 6) is 0. The Labute approximate surface area is 81.8 Å². The van der Waals surface area contributed by atoms with E-state index in [0.717, 1.165) is 5.13 Å². The quantitative estimate of drug-likeness (QED) is 0.683. The summed E-state index contributed by atoms with van der Waals surface area (Å²) in [5.41, 5.74) is 5.39. The molecule has 0 fully saturated rings. The number of aliphatic hydroxyl groups is 1. The van der Waals surface area contributed by atoms with Crippen molar-refractivity contribution in [2.45, 2.75) is 13.8 Å². The molecule has 0 radical (unpaired) electrons. The van der Waals surface area contributed by atoms with Crippen LogP contribution in [0.2, 0.25) is 0 Å². The molecule has 0 aliphatic carbocycles. The fraction of sp³-hybridized carbons (Fsp3) is 0.625. The second-order valence-corrected chi connectivity index (χ2v) is 4.81. The Hall–Kier alpha value is -0.810. The van der Waals surface area contributed by atoms with Crippen molar-refractivity contribution in [1.82, 2.24) is 4.98 Å². The van der Waals surface area contributed by atoms with Crippen LogP contribution < -0.4 is 11.1 Å². The van der Waals surface area contributed by atoms with Crippen LogP contribution in [0.4, 0.5) is 10.1 Å². The third kappa shape index (κ3) is 3.20. The van der Waals surface area contributed by atoms with E-state index in [1.807, 2.05) is 13.8 Å². The molecule has 1 aromatic heterocycles. The SMILES string of the molecule is CC(C)(CO)CNc1ncc(N)s1. The average molecular weight is 201 g/mol. The Morgan fingerprint density at radius 2 is 2.38 bits per heavy atom. The fourth-order valence-electron chi connectivity index (χ4n) is 0.739. The minimum absolute atomic E-state index is 0.125. The van der Waals surface area contributed by atoms with Crippen molar-refractivity contribution in [2.75, 3.05) is 24.2 Å². The van der Waals surface area contributed by atoms with E-state index in [2.05, 4.69) is 10.3 Å². The van der Waals surface area contributed by atoms with Gasteiger partial charge in [-0.05, 0) is 0 Å². The fourth-order valence-corrected chi connectivity index (χ4v) is 1.32.